The number of carbonyl (C=O) groups is 1. The lowest BCUT2D eigenvalue weighted by Gasteiger charge is -2.28. The average molecular weight is 622 g/mol. The van der Waals surface area contributed by atoms with Crippen LogP contribution in [0, 0.1) is 20.8 Å². The molecule has 226 valence electrons. The Morgan fingerprint density at radius 2 is 1.80 bits per heavy atom. The van der Waals surface area contributed by atoms with Crippen LogP contribution in [0.2, 0.25) is 0 Å². The predicted molar refractivity (Wildman–Crippen MR) is 175 cm³/mol. The minimum Gasteiger partial charge on any atom is -0.493 e. The molecule has 1 saturated heterocycles. The van der Waals surface area contributed by atoms with E-state index in [4.69, 9.17) is 17.0 Å². The van der Waals surface area contributed by atoms with Crippen molar-refractivity contribution in [2.75, 3.05) is 61.3 Å². The van der Waals surface area contributed by atoms with Crippen molar-refractivity contribution in [2.45, 2.75) is 47.0 Å². The number of urea groups is 1. The fourth-order valence-electron chi connectivity index (χ4n) is 4.62. The Labute approximate surface area is 255 Å². The molecule has 1 heterocycles. The smallest absolute Gasteiger partial charge is 0.332 e. The van der Waals surface area contributed by atoms with Crippen molar-refractivity contribution in [2.24, 2.45) is 0 Å². The number of nitrogens with one attached hydrogen (secondary N) is 2. The summed E-state index contributed by atoms with van der Waals surface area (Å²) >= 11 is 7.00. The normalized spacial score (nSPS) is 13.2. The summed E-state index contributed by atoms with van der Waals surface area (Å²) in [5.41, 5.74) is 4.93. The molecular formula is C29H43N5O4S3. The quantitative estimate of drug-likeness (QED) is 0.194. The zero-order chi connectivity index (χ0) is 30.0. The molecule has 0 radical (unpaired) electrons. The van der Waals surface area contributed by atoms with Crippen molar-refractivity contribution in [1.82, 2.24) is 14.9 Å². The molecule has 9 nitrogen and oxygen atoms in total. The standard InChI is InChI=1S/C29H43N5O4S3/c1-6-32(18-15-31-41(5,36)37)25-11-12-26(23(3)21-25)34(40-29(39)33-16-7-8-17-33)28(35)30-14-9-19-38-27-13-10-22(2)20-24(27)4/h10-13,20-21,31H,6-9,14-19H2,1-5H3,(H,30,35). The molecular weight excluding hydrogens is 579 g/mol. The van der Waals surface area contributed by atoms with Crippen LogP contribution in [0.4, 0.5) is 16.2 Å². The van der Waals surface area contributed by atoms with Crippen LogP contribution < -0.4 is 24.0 Å². The molecule has 0 saturated carbocycles. The van der Waals surface area contributed by atoms with Gasteiger partial charge >= 0.3 is 6.03 Å². The van der Waals surface area contributed by atoms with Gasteiger partial charge in [0.2, 0.25) is 10.0 Å². The van der Waals surface area contributed by atoms with Gasteiger partial charge in [0.1, 0.15) is 5.75 Å². The van der Waals surface area contributed by atoms with Crippen LogP contribution in [-0.4, -0.2) is 75.8 Å². The first kappa shape index (κ1) is 33.0. The summed E-state index contributed by atoms with van der Waals surface area (Å²) in [6.07, 6.45) is 4.02. The number of rotatable bonds is 12. The number of amides is 2. The van der Waals surface area contributed by atoms with Crippen LogP contribution in [0.15, 0.2) is 36.4 Å². The van der Waals surface area contributed by atoms with E-state index in [-0.39, 0.29) is 6.03 Å². The molecule has 1 aliphatic heterocycles. The highest BCUT2D eigenvalue weighted by Gasteiger charge is 2.25. The fraction of sp³-hybridized carbons (Fsp3) is 0.517. The van der Waals surface area contributed by atoms with E-state index in [0.717, 1.165) is 60.4 Å². The van der Waals surface area contributed by atoms with Gasteiger partial charge in [-0.15, -0.1) is 0 Å². The lowest BCUT2D eigenvalue weighted by atomic mass is 10.1. The van der Waals surface area contributed by atoms with Crippen molar-refractivity contribution < 1.29 is 17.9 Å². The number of anilines is 2. The Hall–Kier alpha value is -2.54. The number of ether oxygens (including phenoxy) is 1. The summed E-state index contributed by atoms with van der Waals surface area (Å²) in [5, 5.41) is 3.04. The maximum atomic E-state index is 13.5. The first-order valence-electron chi connectivity index (χ1n) is 14.0. The zero-order valence-corrected chi connectivity index (χ0v) is 27.2. The largest absolute Gasteiger partial charge is 0.493 e. The minimum atomic E-state index is -3.25. The number of sulfonamides is 1. The summed E-state index contributed by atoms with van der Waals surface area (Å²) in [4.78, 5) is 17.7. The van der Waals surface area contributed by atoms with E-state index < -0.39 is 10.0 Å². The third-order valence-corrected chi connectivity index (χ3v) is 8.97. The zero-order valence-electron chi connectivity index (χ0n) is 24.7. The van der Waals surface area contributed by atoms with Crippen LogP contribution in [0.25, 0.3) is 0 Å². The molecule has 3 rings (SSSR count). The molecule has 2 aromatic rings. The van der Waals surface area contributed by atoms with Crippen LogP contribution in [0.1, 0.15) is 42.9 Å². The predicted octanol–water partition coefficient (Wildman–Crippen LogP) is 5.00. The Bertz CT molecular complexity index is 1300. The molecule has 0 atom stereocenters. The van der Waals surface area contributed by atoms with Crippen molar-refractivity contribution in [3.63, 3.8) is 0 Å². The molecule has 0 aromatic heterocycles. The number of thiocarbonyl (C=S) groups is 1. The monoisotopic (exact) mass is 621 g/mol. The van der Waals surface area contributed by atoms with E-state index in [1.165, 1.54) is 17.5 Å². The summed E-state index contributed by atoms with van der Waals surface area (Å²) in [6.45, 7) is 12.4. The van der Waals surface area contributed by atoms with Gasteiger partial charge in [0, 0.05) is 56.9 Å². The molecule has 2 aromatic carbocycles. The lowest BCUT2D eigenvalue weighted by Crippen LogP contribution is -2.39. The highest BCUT2D eigenvalue weighted by Crippen LogP contribution is 2.32. The molecule has 1 aliphatic rings. The fourth-order valence-corrected chi connectivity index (χ4v) is 6.39. The first-order valence-corrected chi connectivity index (χ1v) is 17.1. The van der Waals surface area contributed by atoms with E-state index in [0.29, 0.717) is 43.5 Å². The van der Waals surface area contributed by atoms with Gasteiger partial charge in [-0.05, 0) is 82.3 Å². The van der Waals surface area contributed by atoms with Gasteiger partial charge in [-0.2, -0.15) is 0 Å². The molecule has 0 unspecified atom stereocenters. The second kappa shape index (κ2) is 15.6. The topological polar surface area (TPSA) is 94.2 Å². The number of nitrogens with zero attached hydrogens (tertiary/aromatic N) is 3. The summed E-state index contributed by atoms with van der Waals surface area (Å²) in [5.74, 6) is 0.860. The van der Waals surface area contributed by atoms with Crippen LogP contribution >= 0.6 is 24.2 Å². The van der Waals surface area contributed by atoms with Crippen LogP contribution in [-0.2, 0) is 10.0 Å². The Morgan fingerprint density at radius 3 is 2.44 bits per heavy atom. The maximum absolute atomic E-state index is 13.5. The first-order chi connectivity index (χ1) is 19.5. The van der Waals surface area contributed by atoms with Crippen molar-refractivity contribution >= 4 is 55.9 Å². The number of benzene rings is 2. The number of hydrogen-bond donors (Lipinski definition) is 2. The van der Waals surface area contributed by atoms with Gasteiger partial charge in [0.25, 0.3) is 0 Å². The van der Waals surface area contributed by atoms with E-state index in [1.54, 1.807) is 4.31 Å². The summed E-state index contributed by atoms with van der Waals surface area (Å²) in [6, 6.07) is 11.8. The van der Waals surface area contributed by atoms with Gasteiger partial charge in [-0.3, -0.25) is 0 Å². The van der Waals surface area contributed by atoms with Gasteiger partial charge in [-0.1, -0.05) is 29.9 Å². The minimum absolute atomic E-state index is 0.233. The van der Waals surface area contributed by atoms with Crippen molar-refractivity contribution in [3.05, 3.63) is 53.1 Å². The Morgan fingerprint density at radius 1 is 1.07 bits per heavy atom. The summed E-state index contributed by atoms with van der Waals surface area (Å²) < 4.78 is 33.7. The Balaban J connectivity index is 1.67. The highest BCUT2D eigenvalue weighted by atomic mass is 32.2. The van der Waals surface area contributed by atoms with Crippen LogP contribution in [0.3, 0.4) is 0 Å². The lowest BCUT2D eigenvalue weighted by molar-refractivity contribution is 0.248. The van der Waals surface area contributed by atoms with Gasteiger partial charge in [0.15, 0.2) is 4.32 Å². The maximum Gasteiger partial charge on any atom is 0.332 e. The molecule has 0 aliphatic carbocycles. The van der Waals surface area contributed by atoms with E-state index in [1.807, 2.05) is 51.1 Å². The summed E-state index contributed by atoms with van der Waals surface area (Å²) in [7, 11) is -3.25. The second-order valence-corrected chi connectivity index (χ2v) is 13.7. The van der Waals surface area contributed by atoms with Gasteiger partial charge in [-0.25, -0.2) is 22.2 Å². The number of carbonyl (C=O) groups excluding carboxylic acids is 1. The van der Waals surface area contributed by atoms with E-state index in [9.17, 15) is 13.2 Å². The van der Waals surface area contributed by atoms with Crippen LogP contribution in [0.5, 0.6) is 5.75 Å². The van der Waals surface area contributed by atoms with Gasteiger partial charge < -0.3 is 19.9 Å². The van der Waals surface area contributed by atoms with E-state index >= 15 is 0 Å². The molecule has 12 heteroatoms. The Kier molecular flexibility index (Phi) is 12.6. The van der Waals surface area contributed by atoms with E-state index in [2.05, 4.69) is 32.8 Å². The van der Waals surface area contributed by atoms with Crippen molar-refractivity contribution in [3.8, 4) is 5.75 Å². The highest BCUT2D eigenvalue weighted by molar-refractivity contribution is 8.24. The molecule has 0 bridgehead atoms. The number of aryl methyl sites for hydroxylation is 3. The molecule has 2 amide bonds. The molecule has 2 N–H and O–H groups in total. The number of hydrogen-bond acceptors (Lipinski definition) is 7. The van der Waals surface area contributed by atoms with Gasteiger partial charge in [0.05, 0.1) is 18.6 Å². The molecule has 41 heavy (non-hydrogen) atoms. The number of likely N-dealkylation sites (N-methyl/N-ethyl adjacent to an activating group) is 1. The number of likely N-dealkylation sites (tertiary alicyclic amines) is 1. The third kappa shape index (κ3) is 10.4. The second-order valence-electron chi connectivity index (χ2n) is 10.3. The molecule has 0 spiro atoms. The SMILES string of the molecule is CCN(CCNS(C)(=O)=O)c1ccc(N(SC(=S)N2CCCC2)C(=O)NCCCOc2ccc(C)cc2C)c(C)c1. The van der Waals surface area contributed by atoms with Crippen molar-refractivity contribution in [1.29, 1.82) is 0 Å². The average Bonchev–Trinajstić information content (AvgIpc) is 3.45. The molecule has 1 fully saturated rings. The third-order valence-electron chi connectivity index (χ3n) is 6.80.